The van der Waals surface area contributed by atoms with E-state index in [0.717, 1.165) is 50.8 Å². The van der Waals surface area contributed by atoms with Gasteiger partial charge >= 0.3 is 0 Å². The molecule has 1 N–H and O–H groups in total. The molecule has 1 fully saturated rings. The normalized spacial score (nSPS) is 14.2. The summed E-state index contributed by atoms with van der Waals surface area (Å²) in [6.45, 7) is 7.73. The Hall–Kier alpha value is -1.31. The van der Waals surface area contributed by atoms with Gasteiger partial charge in [0.25, 0.3) is 0 Å². The molecule has 6 heteroatoms. The lowest BCUT2D eigenvalue weighted by Crippen LogP contribution is -2.39. The van der Waals surface area contributed by atoms with Crippen LogP contribution in [-0.4, -0.2) is 49.6 Å². The van der Waals surface area contributed by atoms with Crippen LogP contribution in [0.25, 0.3) is 0 Å². The zero-order valence-electron chi connectivity index (χ0n) is 14.9. The summed E-state index contributed by atoms with van der Waals surface area (Å²) in [7, 11) is 3.88. The van der Waals surface area contributed by atoms with E-state index in [9.17, 15) is 0 Å². The molecule has 134 valence electrons. The third-order valence-corrected chi connectivity index (χ3v) is 4.16. The molecule has 2 rings (SSSR count). The van der Waals surface area contributed by atoms with Gasteiger partial charge in [0.15, 0.2) is 5.96 Å². The molecule has 5 nitrogen and oxygen atoms in total. The highest BCUT2D eigenvalue weighted by molar-refractivity contribution is 14.0. The highest BCUT2D eigenvalue weighted by Gasteiger charge is 2.13. The van der Waals surface area contributed by atoms with E-state index in [2.05, 4.69) is 50.9 Å². The van der Waals surface area contributed by atoms with Crippen LogP contribution in [0.4, 0.5) is 5.82 Å². The summed E-state index contributed by atoms with van der Waals surface area (Å²) in [6.07, 6.45) is 8.60. The van der Waals surface area contributed by atoms with Crippen LogP contribution in [0.3, 0.4) is 0 Å². The Labute approximate surface area is 163 Å². The van der Waals surface area contributed by atoms with Crippen LogP contribution < -0.4 is 10.2 Å². The van der Waals surface area contributed by atoms with E-state index in [4.69, 9.17) is 0 Å². The van der Waals surface area contributed by atoms with Crippen molar-refractivity contribution in [2.24, 2.45) is 4.99 Å². The minimum atomic E-state index is 0. The summed E-state index contributed by atoms with van der Waals surface area (Å²) in [5, 5.41) is 3.40. The molecule has 2 heterocycles. The minimum absolute atomic E-state index is 0. The number of hydrogen-bond donors (Lipinski definition) is 1. The van der Waals surface area contributed by atoms with Crippen molar-refractivity contribution in [2.75, 3.05) is 38.6 Å². The molecule has 1 saturated heterocycles. The van der Waals surface area contributed by atoms with Crippen molar-refractivity contribution in [2.45, 2.75) is 32.2 Å². The third kappa shape index (κ3) is 6.30. The quantitative estimate of drug-likeness (QED) is 0.231. The van der Waals surface area contributed by atoms with E-state index >= 15 is 0 Å². The number of guanidine groups is 1. The largest absolute Gasteiger partial charge is 0.357 e. The highest BCUT2D eigenvalue weighted by atomic mass is 127. The number of unbranched alkanes of at least 4 members (excludes halogenated alkanes) is 1. The SMILES string of the molecule is C=CCCCN(C)C(=NC)NCc1ccc(N2CCCC2)nc1.I. The number of hydrogen-bond acceptors (Lipinski definition) is 3. The fraction of sp³-hybridized carbons (Fsp3) is 0.556. The van der Waals surface area contributed by atoms with Crippen LogP contribution in [-0.2, 0) is 6.54 Å². The van der Waals surface area contributed by atoms with Gasteiger partial charge in [-0.15, -0.1) is 30.6 Å². The Morgan fingerprint density at radius 3 is 2.75 bits per heavy atom. The number of aliphatic imine (C=N–C) groups is 1. The summed E-state index contributed by atoms with van der Waals surface area (Å²) in [6, 6.07) is 4.28. The van der Waals surface area contributed by atoms with E-state index in [1.54, 1.807) is 0 Å². The number of pyridine rings is 1. The number of halogens is 1. The van der Waals surface area contributed by atoms with Gasteiger partial charge in [0, 0.05) is 46.5 Å². The summed E-state index contributed by atoms with van der Waals surface area (Å²) in [4.78, 5) is 13.4. The molecule has 0 aromatic carbocycles. The van der Waals surface area contributed by atoms with Crippen LogP contribution in [0.2, 0.25) is 0 Å². The first-order valence-corrected chi connectivity index (χ1v) is 8.47. The molecular formula is C18H30IN5. The van der Waals surface area contributed by atoms with Crippen LogP contribution in [0.1, 0.15) is 31.2 Å². The third-order valence-electron chi connectivity index (χ3n) is 4.16. The van der Waals surface area contributed by atoms with E-state index in [1.165, 1.54) is 18.4 Å². The average Bonchev–Trinajstić information content (AvgIpc) is 3.11. The Morgan fingerprint density at radius 1 is 1.42 bits per heavy atom. The van der Waals surface area contributed by atoms with Gasteiger partial charge in [-0.1, -0.05) is 12.1 Å². The Bertz CT molecular complexity index is 509. The average molecular weight is 443 g/mol. The van der Waals surface area contributed by atoms with Crippen molar-refractivity contribution in [1.29, 1.82) is 0 Å². The van der Waals surface area contributed by atoms with Crippen molar-refractivity contribution in [3.05, 3.63) is 36.5 Å². The van der Waals surface area contributed by atoms with Crippen molar-refractivity contribution in [3.63, 3.8) is 0 Å². The smallest absolute Gasteiger partial charge is 0.193 e. The maximum atomic E-state index is 4.59. The first-order chi connectivity index (χ1) is 11.2. The number of nitrogens with zero attached hydrogens (tertiary/aromatic N) is 4. The van der Waals surface area contributed by atoms with Gasteiger partial charge in [0.1, 0.15) is 5.82 Å². The number of rotatable bonds is 7. The summed E-state index contributed by atoms with van der Waals surface area (Å²) in [5.41, 5.74) is 1.17. The number of nitrogens with one attached hydrogen (secondary N) is 1. The van der Waals surface area contributed by atoms with Crippen LogP contribution >= 0.6 is 24.0 Å². The van der Waals surface area contributed by atoms with Gasteiger partial charge in [-0.25, -0.2) is 4.98 Å². The lowest BCUT2D eigenvalue weighted by molar-refractivity contribution is 0.470. The van der Waals surface area contributed by atoms with Crippen molar-refractivity contribution in [3.8, 4) is 0 Å². The van der Waals surface area contributed by atoms with Gasteiger partial charge in [-0.2, -0.15) is 0 Å². The molecule has 0 saturated carbocycles. The highest BCUT2D eigenvalue weighted by Crippen LogP contribution is 2.17. The summed E-state index contributed by atoms with van der Waals surface area (Å²) in [5.74, 6) is 2.01. The Balaban J connectivity index is 0.00000288. The van der Waals surface area contributed by atoms with Gasteiger partial charge in [-0.05, 0) is 37.3 Å². The monoisotopic (exact) mass is 443 g/mol. The molecule has 0 atom stereocenters. The lowest BCUT2D eigenvalue weighted by Gasteiger charge is -2.22. The van der Waals surface area contributed by atoms with Crippen molar-refractivity contribution in [1.82, 2.24) is 15.2 Å². The molecule has 24 heavy (non-hydrogen) atoms. The van der Waals surface area contributed by atoms with Gasteiger partial charge in [-0.3, -0.25) is 4.99 Å². The molecule has 0 spiro atoms. The molecule has 1 aliphatic rings. The van der Waals surface area contributed by atoms with Crippen LogP contribution in [0.5, 0.6) is 0 Å². The molecule has 1 aliphatic heterocycles. The molecule has 0 radical (unpaired) electrons. The minimum Gasteiger partial charge on any atom is -0.357 e. The maximum Gasteiger partial charge on any atom is 0.193 e. The topological polar surface area (TPSA) is 43.8 Å². The molecule has 0 bridgehead atoms. The van der Waals surface area contributed by atoms with E-state index in [1.807, 2.05) is 19.3 Å². The first kappa shape index (κ1) is 20.7. The Morgan fingerprint density at radius 2 is 2.17 bits per heavy atom. The van der Waals surface area contributed by atoms with E-state index in [0.29, 0.717) is 0 Å². The second-order valence-corrected chi connectivity index (χ2v) is 5.97. The summed E-state index contributed by atoms with van der Waals surface area (Å²) < 4.78 is 0. The van der Waals surface area contributed by atoms with Crippen LogP contribution in [0.15, 0.2) is 36.0 Å². The van der Waals surface area contributed by atoms with Gasteiger partial charge < -0.3 is 15.1 Å². The molecule has 0 amide bonds. The maximum absolute atomic E-state index is 4.59. The van der Waals surface area contributed by atoms with Gasteiger partial charge in [0.05, 0.1) is 0 Å². The van der Waals surface area contributed by atoms with Crippen molar-refractivity contribution >= 4 is 35.8 Å². The van der Waals surface area contributed by atoms with Crippen LogP contribution in [0, 0.1) is 0 Å². The van der Waals surface area contributed by atoms with E-state index in [-0.39, 0.29) is 24.0 Å². The van der Waals surface area contributed by atoms with E-state index < -0.39 is 0 Å². The molecule has 0 aliphatic carbocycles. The number of allylic oxidation sites excluding steroid dienone is 1. The standard InChI is InChI=1S/C18H29N5.HI/c1-4-5-6-11-22(3)18(19-2)21-15-16-9-10-17(20-14-16)23-12-7-8-13-23;/h4,9-10,14H,1,5-8,11-13,15H2,2-3H3,(H,19,21);1H. The predicted molar refractivity (Wildman–Crippen MR) is 113 cm³/mol. The number of aromatic nitrogens is 1. The Kier molecular flexibility index (Phi) is 9.75. The fourth-order valence-corrected chi connectivity index (χ4v) is 2.80. The second-order valence-electron chi connectivity index (χ2n) is 5.97. The fourth-order valence-electron chi connectivity index (χ4n) is 2.80. The van der Waals surface area contributed by atoms with Gasteiger partial charge in [0.2, 0.25) is 0 Å². The first-order valence-electron chi connectivity index (χ1n) is 8.47. The molecule has 1 aromatic heterocycles. The molecular weight excluding hydrogens is 413 g/mol. The molecule has 0 unspecified atom stereocenters. The summed E-state index contributed by atoms with van der Waals surface area (Å²) >= 11 is 0. The lowest BCUT2D eigenvalue weighted by atomic mass is 10.2. The zero-order chi connectivity index (χ0) is 16.5. The van der Waals surface area contributed by atoms with Crippen molar-refractivity contribution < 1.29 is 0 Å². The molecule has 1 aromatic rings. The number of anilines is 1. The second kappa shape index (κ2) is 11.3. The zero-order valence-corrected chi connectivity index (χ0v) is 17.2. The predicted octanol–water partition coefficient (Wildman–Crippen LogP) is 3.27.